The minimum atomic E-state index is -4.33. The van der Waals surface area contributed by atoms with Gasteiger partial charge in [-0.2, -0.15) is 13.2 Å². The van der Waals surface area contributed by atoms with E-state index >= 15 is 0 Å². The van der Waals surface area contributed by atoms with Crippen LogP contribution in [0.25, 0.3) is 44.1 Å². The van der Waals surface area contributed by atoms with Crippen LogP contribution in [0.3, 0.4) is 0 Å². The van der Waals surface area contributed by atoms with Gasteiger partial charge in [0, 0.05) is 50.4 Å². The Kier molecular flexibility index (Phi) is 16.1. The minimum absolute atomic E-state index is 0. The molecule has 0 bridgehead atoms. The number of rotatable bonds is 11. The predicted octanol–water partition coefficient (Wildman–Crippen LogP) is 15.9. The summed E-state index contributed by atoms with van der Waals surface area (Å²) in [4.78, 5) is 20.4. The molecule has 6 rings (SSSR count). The smallest absolute Gasteiger partial charge is 0.389 e. The fourth-order valence-electron chi connectivity index (χ4n) is 7.77. The Morgan fingerprint density at radius 2 is 1.10 bits per heavy atom. The topological polar surface area (TPSA) is 63.1 Å². The molecule has 2 aromatic heterocycles. The van der Waals surface area contributed by atoms with E-state index in [1.165, 1.54) is 11.1 Å². The molecule has 0 saturated heterocycles. The van der Waals surface area contributed by atoms with Gasteiger partial charge in [0.15, 0.2) is 5.78 Å². The third kappa shape index (κ3) is 14.4. The zero-order chi connectivity index (χ0) is 51.3. The maximum Gasteiger partial charge on any atom is 0.389 e. The Balaban J connectivity index is 0.000000277. The molecule has 1 radical (unpaired) electrons. The van der Waals surface area contributed by atoms with E-state index in [0.717, 1.165) is 61.0 Å². The van der Waals surface area contributed by atoms with E-state index in [1.807, 2.05) is 77.9 Å². The number of aliphatic hydroxyl groups is 1. The third-order valence-electron chi connectivity index (χ3n) is 11.0. The average molecular weight is 1040 g/mol. The second kappa shape index (κ2) is 23.3. The summed E-state index contributed by atoms with van der Waals surface area (Å²) in [6.45, 7) is 25.5. The first-order chi connectivity index (χ1) is 31.6. The molecule has 1 unspecified atom stereocenters. The van der Waals surface area contributed by atoms with Gasteiger partial charge < -0.3 is 15.1 Å². The van der Waals surface area contributed by atoms with Crippen LogP contribution in [0.4, 0.5) is 13.2 Å². The molecule has 0 aliphatic rings. The fourth-order valence-corrected chi connectivity index (χ4v) is 7.77. The Hall–Kier alpha value is -4.65. The van der Waals surface area contributed by atoms with Crippen LogP contribution < -0.4 is 0 Å². The molecule has 339 valence electrons. The van der Waals surface area contributed by atoms with Gasteiger partial charge in [-0.3, -0.25) is 4.79 Å². The molecule has 0 fully saturated rings. The number of halogens is 3. The number of nitrogens with zero attached hydrogens (tertiary/aromatic N) is 2. The van der Waals surface area contributed by atoms with Gasteiger partial charge in [-0.15, -0.1) is 69.7 Å². The normalized spacial score (nSPS) is 13.5. The Morgan fingerprint density at radius 3 is 1.44 bits per heavy atom. The van der Waals surface area contributed by atoms with Crippen molar-refractivity contribution in [2.75, 3.05) is 0 Å². The first kappa shape index (κ1) is 43.6. The molecule has 0 saturated carbocycles. The van der Waals surface area contributed by atoms with Crippen LogP contribution in [0.1, 0.15) is 139 Å². The van der Waals surface area contributed by atoms with Crippen LogP contribution in [0.5, 0.6) is 0 Å². The second-order valence-corrected chi connectivity index (χ2v) is 16.9. The van der Waals surface area contributed by atoms with E-state index in [-0.39, 0.29) is 62.7 Å². The maximum absolute atomic E-state index is 12.3. The number of aryl methyl sites for hydroxylation is 6. The van der Waals surface area contributed by atoms with Gasteiger partial charge in [0.25, 0.3) is 0 Å². The summed E-state index contributed by atoms with van der Waals surface area (Å²) >= 11 is 0. The summed E-state index contributed by atoms with van der Waals surface area (Å²) in [6.07, 6.45) is -3.19. The number of hydrogen-bond donors (Lipinski definition) is 1. The number of alkyl halides is 3. The molecule has 0 amide bonds. The molecule has 8 heteroatoms. The predicted molar refractivity (Wildman–Crippen MR) is 253 cm³/mol. The van der Waals surface area contributed by atoms with Gasteiger partial charge in [-0.1, -0.05) is 100 Å². The maximum atomic E-state index is 12.3. The van der Waals surface area contributed by atoms with Crippen molar-refractivity contribution in [3.8, 4) is 22.5 Å². The number of benzene rings is 4. The molecule has 0 aliphatic heterocycles. The number of pyridine rings is 2. The summed E-state index contributed by atoms with van der Waals surface area (Å²) in [7, 11) is 0. The zero-order valence-corrected chi connectivity index (χ0v) is 41.3. The fraction of sp³-hybridized carbons (Fsp3) is 0.400. The zero-order valence-electron chi connectivity index (χ0n) is 44.9. The molecular formula is C55H65F3IrN2O2-2. The van der Waals surface area contributed by atoms with Crippen molar-refractivity contribution in [2.45, 2.75) is 134 Å². The molecule has 2 heterocycles. The number of hydrogen-bond acceptors (Lipinski definition) is 4. The van der Waals surface area contributed by atoms with Crippen LogP contribution in [0.15, 0.2) is 84.7 Å². The van der Waals surface area contributed by atoms with Gasteiger partial charge in [-0.05, 0) is 115 Å². The number of ketones is 1. The SMILES string of the molecule is CCC(CC)C(=O)/C=C(\O)C(CC)CC(F)(F)F.[2H]c1nc(-c2[c-]c(C)cc(C)c2[2H])c2cc(C)c(C(C)C)cc2c1[2H].[2H]c1nc(-c2[c-]c(C)cc(C)c2[2H])c2cc(C)c(C(C)C)cc2c1[2H].[Ir]. The van der Waals surface area contributed by atoms with E-state index in [4.69, 9.17) is 8.22 Å². The molecule has 1 N–H and O–H groups in total. The van der Waals surface area contributed by atoms with Crippen molar-refractivity contribution in [2.24, 2.45) is 11.8 Å². The van der Waals surface area contributed by atoms with Gasteiger partial charge in [0.05, 0.1) is 17.7 Å². The average Bonchev–Trinajstić information content (AvgIpc) is 3.25. The summed E-state index contributed by atoms with van der Waals surface area (Å²) in [5.41, 5.74) is 10.6. The Morgan fingerprint density at radius 1 is 0.698 bits per heavy atom. The summed E-state index contributed by atoms with van der Waals surface area (Å²) < 4.78 is 86.4. The van der Waals surface area contributed by atoms with Gasteiger partial charge >= 0.3 is 6.18 Å². The van der Waals surface area contributed by atoms with Crippen LogP contribution in [-0.4, -0.2) is 27.0 Å². The van der Waals surface area contributed by atoms with Crippen molar-refractivity contribution >= 4 is 27.3 Å². The first-order valence-electron chi connectivity index (χ1n) is 24.5. The molecule has 4 aromatic carbocycles. The van der Waals surface area contributed by atoms with Crippen LogP contribution in [0, 0.1) is 65.5 Å². The molecule has 0 aliphatic carbocycles. The minimum Gasteiger partial charge on any atom is -0.512 e. The molecule has 63 heavy (non-hydrogen) atoms. The van der Waals surface area contributed by atoms with Crippen molar-refractivity contribution in [3.63, 3.8) is 0 Å². The first-order valence-corrected chi connectivity index (χ1v) is 21.5. The van der Waals surface area contributed by atoms with Crippen LogP contribution >= 0.6 is 0 Å². The Bertz CT molecular complexity index is 2700. The van der Waals surface area contributed by atoms with Crippen molar-refractivity contribution in [1.82, 2.24) is 9.97 Å². The summed E-state index contributed by atoms with van der Waals surface area (Å²) in [5, 5.41) is 12.7. The number of aliphatic hydroxyl groups excluding tert-OH is 1. The molecule has 1 atom stereocenters. The van der Waals surface area contributed by atoms with E-state index < -0.39 is 24.3 Å². The van der Waals surface area contributed by atoms with Gasteiger partial charge in [-0.25, -0.2) is 0 Å². The Labute approximate surface area is 396 Å². The van der Waals surface area contributed by atoms with Crippen LogP contribution in [-0.2, 0) is 24.9 Å². The quantitative estimate of drug-likeness (QED) is 0.0798. The number of carbonyl (C=O) groups is 1. The summed E-state index contributed by atoms with van der Waals surface area (Å²) in [5.74, 6) is -1.31. The van der Waals surface area contributed by atoms with Gasteiger partial charge in [0.2, 0.25) is 0 Å². The number of carbonyl (C=O) groups excluding carboxylic acids is 1. The van der Waals surface area contributed by atoms with E-state index in [1.54, 1.807) is 6.92 Å². The molecule has 0 spiro atoms. The van der Waals surface area contributed by atoms with E-state index in [9.17, 15) is 23.1 Å². The van der Waals surface area contributed by atoms with Crippen molar-refractivity contribution < 1.29 is 51.4 Å². The number of fused-ring (bicyclic) bond motifs is 2. The standard InChI is InChI=1S/2C21H22N.C13H21F3O2.Ir/c2*1-13(2)19-12-17-6-7-22-21(20(17)11-16(19)5)18-9-14(3)8-15(4)10-18;1-4-9(5-2)11(17)7-12(18)10(6-3)8-13(14,15)16;/h2*6-9,11-13H,1-5H3;7,9-10,18H,4-6,8H2,1-3H3;/q2*-1;;/b;;12-7-;/i2*6D,7D,9D;;. The van der Waals surface area contributed by atoms with Crippen molar-refractivity contribution in [1.29, 1.82) is 0 Å². The number of allylic oxidation sites excluding steroid dienone is 2. The molecule has 6 aromatic rings. The molecule has 4 nitrogen and oxygen atoms in total. The second-order valence-electron chi connectivity index (χ2n) is 16.9. The van der Waals surface area contributed by atoms with Gasteiger partial charge in [0.1, 0.15) is 0 Å². The largest absolute Gasteiger partial charge is 0.512 e. The number of aromatic nitrogens is 2. The van der Waals surface area contributed by atoms with Crippen LogP contribution in [0.2, 0.25) is 0 Å². The third-order valence-corrected chi connectivity index (χ3v) is 11.0. The van der Waals surface area contributed by atoms with Crippen molar-refractivity contribution in [3.05, 3.63) is 141 Å². The molecular weight excluding hydrogens is 970 g/mol. The monoisotopic (exact) mass is 1040 g/mol. The van der Waals surface area contributed by atoms with E-state index in [0.29, 0.717) is 59.3 Å². The van der Waals surface area contributed by atoms with E-state index in [2.05, 4.69) is 63.6 Å². The summed E-state index contributed by atoms with van der Waals surface area (Å²) in [6, 6.07) is 19.4.